The minimum absolute atomic E-state index is 0.536. The van der Waals surface area contributed by atoms with Crippen LogP contribution >= 0.6 is 0 Å². The Labute approximate surface area is 106 Å². The Morgan fingerprint density at radius 1 is 0.733 bits per heavy atom. The van der Waals surface area contributed by atoms with Crippen LogP contribution in [0.2, 0.25) is 0 Å². The molecule has 2 fully saturated rings. The SMILES string of the molecule is CC1CCC([I+]C2CCCCC2)CC1C. The van der Waals surface area contributed by atoms with Gasteiger partial charge in [-0.3, -0.25) is 0 Å². The Morgan fingerprint density at radius 3 is 2.13 bits per heavy atom. The molecule has 0 aromatic carbocycles. The van der Waals surface area contributed by atoms with Gasteiger partial charge in [0.1, 0.15) is 0 Å². The molecular formula is C14H26I+. The first-order chi connectivity index (χ1) is 7.25. The maximum Gasteiger partial charge on any atom is 0.275 e. The van der Waals surface area contributed by atoms with Gasteiger partial charge in [-0.25, -0.2) is 0 Å². The van der Waals surface area contributed by atoms with Crippen LogP contribution in [0.15, 0.2) is 0 Å². The fraction of sp³-hybridized carbons (Fsp3) is 1.00. The summed E-state index contributed by atoms with van der Waals surface area (Å²) in [4.78, 5) is 0. The Balaban J connectivity index is 1.74. The van der Waals surface area contributed by atoms with Gasteiger partial charge in [-0.2, -0.15) is 0 Å². The molecule has 0 aliphatic heterocycles. The van der Waals surface area contributed by atoms with Crippen molar-refractivity contribution in [2.45, 2.75) is 73.1 Å². The van der Waals surface area contributed by atoms with Crippen molar-refractivity contribution in [1.82, 2.24) is 0 Å². The topological polar surface area (TPSA) is 0 Å². The molecule has 0 N–H and O–H groups in total. The third-order valence-corrected chi connectivity index (χ3v) is 8.84. The first-order valence-corrected chi connectivity index (χ1v) is 9.37. The van der Waals surface area contributed by atoms with Gasteiger partial charge in [-0.05, 0) is 56.8 Å². The predicted molar refractivity (Wildman–Crippen MR) is 62.8 cm³/mol. The highest BCUT2D eigenvalue weighted by Gasteiger charge is 2.37. The first-order valence-electron chi connectivity index (χ1n) is 6.87. The zero-order valence-corrected chi connectivity index (χ0v) is 12.5. The maximum absolute atomic E-state index is 2.49. The van der Waals surface area contributed by atoms with Gasteiger partial charge in [0.05, 0.1) is 0 Å². The van der Waals surface area contributed by atoms with Gasteiger partial charge in [0.2, 0.25) is 0 Å². The van der Waals surface area contributed by atoms with Crippen molar-refractivity contribution in [3.05, 3.63) is 0 Å². The second-order valence-electron chi connectivity index (χ2n) is 5.73. The fourth-order valence-electron chi connectivity index (χ4n) is 3.03. The molecule has 2 aliphatic carbocycles. The summed E-state index contributed by atoms with van der Waals surface area (Å²) >= 11 is 0.536. The number of rotatable bonds is 2. The number of halogens is 1. The first kappa shape index (κ1) is 12.2. The van der Waals surface area contributed by atoms with Gasteiger partial charge >= 0.3 is 0 Å². The molecule has 0 amide bonds. The van der Waals surface area contributed by atoms with E-state index in [-0.39, 0.29) is 0 Å². The van der Waals surface area contributed by atoms with E-state index in [9.17, 15) is 0 Å². The Hall–Kier alpha value is 0.730. The van der Waals surface area contributed by atoms with E-state index in [2.05, 4.69) is 13.8 Å². The minimum Gasteiger partial charge on any atom is -0.0622 e. The van der Waals surface area contributed by atoms with Crippen LogP contribution in [0, 0.1) is 11.8 Å². The van der Waals surface area contributed by atoms with E-state index < -0.39 is 0 Å². The normalized spacial score (nSPS) is 39.2. The molecule has 88 valence electrons. The number of hydrogen-bond donors (Lipinski definition) is 0. The van der Waals surface area contributed by atoms with Gasteiger partial charge in [-0.1, -0.05) is 20.3 Å². The van der Waals surface area contributed by atoms with E-state index in [1.807, 2.05) is 0 Å². The van der Waals surface area contributed by atoms with E-state index in [1.54, 1.807) is 38.5 Å². The van der Waals surface area contributed by atoms with E-state index >= 15 is 0 Å². The van der Waals surface area contributed by atoms with E-state index in [0.717, 1.165) is 11.8 Å². The Morgan fingerprint density at radius 2 is 1.47 bits per heavy atom. The summed E-state index contributed by atoms with van der Waals surface area (Å²) in [5.41, 5.74) is 0. The molecular weight excluding hydrogens is 295 g/mol. The van der Waals surface area contributed by atoms with Crippen molar-refractivity contribution in [2.24, 2.45) is 11.8 Å². The van der Waals surface area contributed by atoms with Crippen LogP contribution in [0.4, 0.5) is 0 Å². The molecule has 1 heteroatoms. The van der Waals surface area contributed by atoms with Crippen molar-refractivity contribution in [2.75, 3.05) is 0 Å². The Kier molecular flexibility index (Phi) is 4.78. The highest BCUT2D eigenvalue weighted by Crippen LogP contribution is 2.27. The molecule has 2 aliphatic rings. The summed E-state index contributed by atoms with van der Waals surface area (Å²) < 4.78 is 2.40. The van der Waals surface area contributed by atoms with Crippen molar-refractivity contribution < 1.29 is 21.2 Å². The summed E-state index contributed by atoms with van der Waals surface area (Å²) in [5, 5.41) is 0. The lowest BCUT2D eigenvalue weighted by molar-refractivity contribution is -0.727. The minimum atomic E-state index is 0.536. The molecule has 2 rings (SSSR count). The van der Waals surface area contributed by atoms with Crippen LogP contribution in [0.1, 0.15) is 65.2 Å². The van der Waals surface area contributed by atoms with Crippen LogP contribution in [-0.4, -0.2) is 7.85 Å². The lowest BCUT2D eigenvalue weighted by Gasteiger charge is -2.27. The number of hydrogen-bond acceptors (Lipinski definition) is 0. The third kappa shape index (κ3) is 3.61. The van der Waals surface area contributed by atoms with Crippen molar-refractivity contribution in [1.29, 1.82) is 0 Å². The van der Waals surface area contributed by atoms with Crippen molar-refractivity contribution in [3.8, 4) is 0 Å². The third-order valence-electron chi connectivity index (χ3n) is 4.43. The largest absolute Gasteiger partial charge is 0.275 e. The highest BCUT2D eigenvalue weighted by molar-refractivity contribution is 4.75. The summed E-state index contributed by atoms with van der Waals surface area (Å²) in [5.74, 6) is 2.03. The smallest absolute Gasteiger partial charge is 0.0622 e. The van der Waals surface area contributed by atoms with Gasteiger partial charge in [-0.15, -0.1) is 0 Å². The molecule has 0 radical (unpaired) electrons. The van der Waals surface area contributed by atoms with Gasteiger partial charge in [0.25, 0.3) is 21.2 Å². The predicted octanol–water partition coefficient (Wildman–Crippen LogP) is 1.23. The van der Waals surface area contributed by atoms with Gasteiger partial charge in [0, 0.05) is 0 Å². The van der Waals surface area contributed by atoms with E-state index in [4.69, 9.17) is 0 Å². The van der Waals surface area contributed by atoms with Crippen LogP contribution < -0.4 is 21.2 Å². The van der Waals surface area contributed by atoms with Crippen LogP contribution in [-0.2, 0) is 0 Å². The molecule has 0 spiro atoms. The van der Waals surface area contributed by atoms with Crippen molar-refractivity contribution >= 4 is 0 Å². The lowest BCUT2D eigenvalue weighted by atomic mass is 9.82. The maximum atomic E-state index is 2.49. The molecule has 3 unspecified atom stereocenters. The molecule has 0 heterocycles. The summed E-state index contributed by atoms with van der Waals surface area (Å²) in [7, 11) is 0. The molecule has 15 heavy (non-hydrogen) atoms. The molecule has 0 nitrogen and oxygen atoms in total. The summed E-state index contributed by atoms with van der Waals surface area (Å²) in [6, 6.07) is 0. The molecule has 3 atom stereocenters. The van der Waals surface area contributed by atoms with Crippen LogP contribution in [0.25, 0.3) is 0 Å². The quantitative estimate of drug-likeness (QED) is 0.530. The molecule has 0 aromatic rings. The Bertz CT molecular complexity index is 184. The zero-order valence-electron chi connectivity index (χ0n) is 10.3. The second kappa shape index (κ2) is 5.88. The van der Waals surface area contributed by atoms with Gasteiger partial charge < -0.3 is 0 Å². The molecule has 0 bridgehead atoms. The average Bonchev–Trinajstić information content (AvgIpc) is 2.25. The summed E-state index contributed by atoms with van der Waals surface area (Å²) in [6.07, 6.45) is 12.5. The van der Waals surface area contributed by atoms with E-state index in [0.29, 0.717) is 21.2 Å². The monoisotopic (exact) mass is 321 g/mol. The molecule has 0 saturated heterocycles. The second-order valence-corrected chi connectivity index (χ2v) is 9.97. The van der Waals surface area contributed by atoms with Gasteiger partial charge in [0.15, 0.2) is 7.85 Å². The molecule has 2 saturated carbocycles. The van der Waals surface area contributed by atoms with Crippen molar-refractivity contribution in [3.63, 3.8) is 0 Å². The lowest BCUT2D eigenvalue weighted by Crippen LogP contribution is -3.68. The number of alkyl halides is 2. The highest BCUT2D eigenvalue weighted by atomic mass is 127. The van der Waals surface area contributed by atoms with E-state index in [1.165, 1.54) is 20.7 Å². The fourth-order valence-corrected chi connectivity index (χ4v) is 7.88. The van der Waals surface area contributed by atoms with Crippen LogP contribution in [0.5, 0.6) is 0 Å². The summed E-state index contributed by atoms with van der Waals surface area (Å²) in [6.45, 7) is 4.95. The molecule has 0 aromatic heterocycles. The van der Waals surface area contributed by atoms with Crippen LogP contribution in [0.3, 0.4) is 0 Å². The standard InChI is InChI=1S/C14H26I/c1-11-8-9-14(10-12(11)2)15-13-6-4-3-5-7-13/h11-14H,3-10H2,1-2H3/q+1. The average molecular weight is 321 g/mol. The zero-order chi connectivity index (χ0) is 10.7.